The monoisotopic (exact) mass is 745 g/mol. The third-order valence-electron chi connectivity index (χ3n) is 11.3. The Kier molecular flexibility index (Phi) is 6.32. The summed E-state index contributed by atoms with van der Waals surface area (Å²) in [6.45, 7) is 0. The van der Waals surface area contributed by atoms with Gasteiger partial charge in [0.05, 0.1) is 0 Å². The van der Waals surface area contributed by atoms with Crippen LogP contribution in [0.25, 0.3) is 133 Å². The highest BCUT2D eigenvalue weighted by Gasteiger charge is 2.22. The van der Waals surface area contributed by atoms with Crippen molar-refractivity contribution >= 4 is 87.8 Å². The van der Waals surface area contributed by atoms with Gasteiger partial charge in [0, 0.05) is 71.9 Å². The molecule has 0 unspecified atom stereocenters. The van der Waals surface area contributed by atoms with E-state index in [0.29, 0.717) is 17.5 Å². The van der Waals surface area contributed by atoms with Crippen LogP contribution in [0.15, 0.2) is 181 Å². The molecule has 0 radical (unpaired) electrons. The average molecular weight is 746 g/mol. The first-order valence-corrected chi connectivity index (χ1v) is 19.2. The van der Waals surface area contributed by atoms with Crippen molar-refractivity contribution in [2.45, 2.75) is 0 Å². The van der Waals surface area contributed by atoms with E-state index in [1.165, 1.54) is 0 Å². The maximum absolute atomic E-state index is 6.52. The number of hydrogen-bond acceptors (Lipinski definition) is 7. The number of furan rings is 4. The Morgan fingerprint density at radius 1 is 0.259 bits per heavy atom. The van der Waals surface area contributed by atoms with Gasteiger partial charge >= 0.3 is 0 Å². The molecule has 0 atom stereocenters. The van der Waals surface area contributed by atoms with E-state index in [1.54, 1.807) is 0 Å². The summed E-state index contributed by atoms with van der Waals surface area (Å²) in [7, 11) is 0. The Bertz CT molecular complexity index is 3610. The molecule has 0 N–H and O–H groups in total. The SMILES string of the molecule is c1ccc(-c2cccc(-c3nc(-c4cccc5oc6cc7oc8ccccc8c7cc6c45)nc(-c4cccc5oc6cc7oc8ccccc8c7cc6c45)n3)c2)cc1. The molecule has 0 bridgehead atoms. The van der Waals surface area contributed by atoms with Crippen LogP contribution in [0.3, 0.4) is 0 Å². The minimum absolute atomic E-state index is 0.531. The van der Waals surface area contributed by atoms with Crippen molar-refractivity contribution in [1.29, 1.82) is 0 Å². The van der Waals surface area contributed by atoms with Crippen LogP contribution in [0.5, 0.6) is 0 Å². The molecule has 0 saturated heterocycles. The van der Waals surface area contributed by atoms with Crippen LogP contribution in [0.2, 0.25) is 0 Å². The van der Waals surface area contributed by atoms with Crippen molar-refractivity contribution in [3.8, 4) is 45.3 Å². The summed E-state index contributed by atoms with van der Waals surface area (Å²) in [6.07, 6.45) is 0. The normalized spacial score (nSPS) is 12.1. The van der Waals surface area contributed by atoms with Crippen molar-refractivity contribution in [2.75, 3.05) is 0 Å². The predicted molar refractivity (Wildman–Crippen MR) is 231 cm³/mol. The number of benzene rings is 8. The summed E-state index contributed by atoms with van der Waals surface area (Å²) in [6, 6.07) is 55.3. The molecule has 0 aliphatic heterocycles. The Labute approximate surface area is 328 Å². The van der Waals surface area contributed by atoms with Gasteiger partial charge in [-0.15, -0.1) is 0 Å². The van der Waals surface area contributed by atoms with E-state index < -0.39 is 0 Å². The van der Waals surface area contributed by atoms with E-state index in [4.69, 9.17) is 32.6 Å². The Morgan fingerprint density at radius 2 is 0.690 bits per heavy atom. The van der Waals surface area contributed by atoms with E-state index in [1.807, 2.05) is 91.0 Å². The van der Waals surface area contributed by atoms with E-state index in [9.17, 15) is 0 Å². The zero-order chi connectivity index (χ0) is 37.9. The molecule has 0 spiro atoms. The zero-order valence-electron chi connectivity index (χ0n) is 30.6. The first kappa shape index (κ1) is 31.2. The van der Waals surface area contributed by atoms with Crippen molar-refractivity contribution in [3.05, 3.63) is 164 Å². The van der Waals surface area contributed by atoms with Crippen molar-refractivity contribution in [3.63, 3.8) is 0 Å². The molecular formula is C51H27N3O4. The molecule has 0 fully saturated rings. The zero-order valence-corrected chi connectivity index (χ0v) is 30.6. The standard InChI is InChI=1S/C51H27N3O4/c1-2-11-28(12-3-1)29-13-8-14-30(23-29)49-52-50(33-17-9-21-41-47(33)37-24-35-31-15-4-6-19-39(31)55-43(35)26-45(37)57-41)54-51(53-49)34-18-10-22-42-48(34)38-25-36-32-16-5-7-20-40(32)56-44(36)27-46(38)58-42/h1-27H. The largest absolute Gasteiger partial charge is 0.456 e. The third kappa shape index (κ3) is 4.58. The van der Waals surface area contributed by atoms with Crippen LogP contribution in [0, 0.1) is 0 Å². The highest BCUT2D eigenvalue weighted by atomic mass is 16.3. The second kappa shape index (κ2) is 11.7. The molecule has 0 aliphatic rings. The molecule has 8 aromatic carbocycles. The average Bonchev–Trinajstić information content (AvgIpc) is 4.04. The molecule has 7 nitrogen and oxygen atoms in total. The minimum Gasteiger partial charge on any atom is -0.456 e. The van der Waals surface area contributed by atoms with Gasteiger partial charge in [-0.25, -0.2) is 15.0 Å². The molecule has 7 heteroatoms. The van der Waals surface area contributed by atoms with Crippen molar-refractivity contribution in [1.82, 2.24) is 15.0 Å². The lowest BCUT2D eigenvalue weighted by Gasteiger charge is -2.11. The number of rotatable bonds is 4. The molecular weight excluding hydrogens is 719 g/mol. The van der Waals surface area contributed by atoms with E-state index >= 15 is 0 Å². The topological polar surface area (TPSA) is 91.2 Å². The van der Waals surface area contributed by atoms with Crippen LogP contribution >= 0.6 is 0 Å². The van der Waals surface area contributed by atoms with Gasteiger partial charge in [-0.2, -0.15) is 0 Å². The molecule has 0 amide bonds. The van der Waals surface area contributed by atoms with Crippen molar-refractivity contribution < 1.29 is 17.7 Å². The van der Waals surface area contributed by atoms with E-state index in [0.717, 1.165) is 116 Å². The fourth-order valence-corrected chi connectivity index (χ4v) is 8.68. The van der Waals surface area contributed by atoms with Crippen LogP contribution in [0.4, 0.5) is 0 Å². The van der Waals surface area contributed by atoms with Crippen LogP contribution in [-0.2, 0) is 0 Å². The highest BCUT2D eigenvalue weighted by molar-refractivity contribution is 6.20. The summed E-state index contributed by atoms with van der Waals surface area (Å²) >= 11 is 0. The maximum atomic E-state index is 6.52. The van der Waals surface area contributed by atoms with Crippen LogP contribution < -0.4 is 0 Å². The lowest BCUT2D eigenvalue weighted by molar-refractivity contribution is 0.655. The quantitative estimate of drug-likeness (QED) is 0.177. The minimum atomic E-state index is 0.531. The van der Waals surface area contributed by atoms with Crippen molar-refractivity contribution in [2.24, 2.45) is 0 Å². The molecule has 58 heavy (non-hydrogen) atoms. The van der Waals surface area contributed by atoms with Crippen LogP contribution in [0.1, 0.15) is 0 Å². The fourth-order valence-electron chi connectivity index (χ4n) is 8.68. The second-order valence-electron chi connectivity index (χ2n) is 14.7. The number of para-hydroxylation sites is 2. The second-order valence-corrected chi connectivity index (χ2v) is 14.7. The molecule has 13 rings (SSSR count). The summed E-state index contributed by atoms with van der Waals surface area (Å²) in [5, 5.41) is 7.91. The fraction of sp³-hybridized carbons (Fsp3) is 0. The molecule has 13 aromatic rings. The number of nitrogens with zero attached hydrogens (tertiary/aromatic N) is 3. The highest BCUT2D eigenvalue weighted by Crippen LogP contribution is 2.43. The summed E-state index contributed by atoms with van der Waals surface area (Å²) in [4.78, 5) is 15.8. The third-order valence-corrected chi connectivity index (χ3v) is 11.3. The molecule has 5 heterocycles. The smallest absolute Gasteiger partial charge is 0.164 e. The summed E-state index contributed by atoms with van der Waals surface area (Å²) in [5.74, 6) is 1.62. The van der Waals surface area contributed by atoms with E-state index in [-0.39, 0.29) is 0 Å². The van der Waals surface area contributed by atoms with Gasteiger partial charge in [0.25, 0.3) is 0 Å². The first-order valence-electron chi connectivity index (χ1n) is 19.2. The Hall–Kier alpha value is -8.03. The maximum Gasteiger partial charge on any atom is 0.164 e. The first-order chi connectivity index (χ1) is 28.7. The predicted octanol–water partition coefficient (Wildman–Crippen LogP) is 14.1. The molecule has 270 valence electrons. The number of hydrogen-bond donors (Lipinski definition) is 0. The van der Waals surface area contributed by atoms with Gasteiger partial charge in [-0.3, -0.25) is 0 Å². The lowest BCUT2D eigenvalue weighted by atomic mass is 10.0. The van der Waals surface area contributed by atoms with Gasteiger partial charge in [0.1, 0.15) is 44.7 Å². The summed E-state index contributed by atoms with van der Waals surface area (Å²) < 4.78 is 25.5. The number of fused-ring (bicyclic) bond motifs is 12. The van der Waals surface area contributed by atoms with Gasteiger partial charge in [0.15, 0.2) is 17.5 Å². The molecule has 0 saturated carbocycles. The van der Waals surface area contributed by atoms with Gasteiger partial charge in [-0.1, -0.05) is 109 Å². The number of aromatic nitrogens is 3. The Morgan fingerprint density at radius 3 is 1.28 bits per heavy atom. The van der Waals surface area contributed by atoms with Gasteiger partial charge in [-0.05, 0) is 53.6 Å². The van der Waals surface area contributed by atoms with Gasteiger partial charge in [0.2, 0.25) is 0 Å². The Balaban J connectivity index is 1.09. The van der Waals surface area contributed by atoms with E-state index in [2.05, 4.69) is 72.8 Å². The van der Waals surface area contributed by atoms with Gasteiger partial charge < -0.3 is 17.7 Å². The molecule has 5 aromatic heterocycles. The summed E-state index contributed by atoms with van der Waals surface area (Å²) in [5.41, 5.74) is 10.9. The molecule has 0 aliphatic carbocycles. The lowest BCUT2D eigenvalue weighted by Crippen LogP contribution is -2.01. The van der Waals surface area contributed by atoms with Crippen LogP contribution in [-0.4, -0.2) is 15.0 Å².